The Bertz CT molecular complexity index is 960. The number of hydrogen-bond acceptors (Lipinski definition) is 5. The standard InChI is InChI=1S/C20H22N4O3/c1-13-8-9-22-12-16(13)26-15-7-5-6-14(10-15)24(19(21)25)18-11-17(27-23-18)20(2,3)4/h5-12H,1-4H3,(H2,21,25). The summed E-state index contributed by atoms with van der Waals surface area (Å²) in [5, 5.41) is 4.01. The number of benzene rings is 1. The van der Waals surface area contributed by atoms with E-state index in [9.17, 15) is 4.79 Å². The SMILES string of the molecule is Cc1ccncc1Oc1cccc(N(C(N)=O)c2cc(C(C)(C)C)on2)c1. The number of carbonyl (C=O) groups is 1. The first kappa shape index (κ1) is 18.4. The van der Waals surface area contributed by atoms with Gasteiger partial charge in [0.15, 0.2) is 5.82 Å². The van der Waals surface area contributed by atoms with Gasteiger partial charge in [0.1, 0.15) is 17.3 Å². The Balaban J connectivity index is 1.94. The minimum atomic E-state index is -0.668. The molecule has 3 rings (SSSR count). The van der Waals surface area contributed by atoms with E-state index < -0.39 is 6.03 Å². The first-order valence-electron chi connectivity index (χ1n) is 8.51. The number of amides is 2. The van der Waals surface area contributed by atoms with Crippen LogP contribution in [0.1, 0.15) is 32.1 Å². The number of hydrogen-bond donors (Lipinski definition) is 1. The van der Waals surface area contributed by atoms with Gasteiger partial charge in [-0.2, -0.15) is 0 Å². The zero-order chi connectivity index (χ0) is 19.6. The predicted molar refractivity (Wildman–Crippen MR) is 102 cm³/mol. The molecular weight excluding hydrogens is 344 g/mol. The zero-order valence-corrected chi connectivity index (χ0v) is 15.8. The number of anilines is 2. The van der Waals surface area contributed by atoms with Gasteiger partial charge in [0, 0.05) is 23.7 Å². The van der Waals surface area contributed by atoms with Crippen molar-refractivity contribution < 1.29 is 14.1 Å². The number of aryl methyl sites for hydroxylation is 1. The minimum absolute atomic E-state index is 0.239. The molecular formula is C20H22N4O3. The van der Waals surface area contributed by atoms with Gasteiger partial charge in [-0.05, 0) is 30.7 Å². The van der Waals surface area contributed by atoms with Gasteiger partial charge in [-0.1, -0.05) is 32.0 Å². The largest absolute Gasteiger partial charge is 0.455 e. The van der Waals surface area contributed by atoms with Crippen LogP contribution in [0.2, 0.25) is 0 Å². The number of nitrogens with two attached hydrogens (primary N) is 1. The molecule has 27 heavy (non-hydrogen) atoms. The molecule has 7 nitrogen and oxygen atoms in total. The summed E-state index contributed by atoms with van der Waals surface area (Å²) in [6.07, 6.45) is 3.34. The molecule has 2 aromatic heterocycles. The molecule has 0 aliphatic heterocycles. The van der Waals surface area contributed by atoms with Crippen molar-refractivity contribution in [2.45, 2.75) is 33.1 Å². The van der Waals surface area contributed by atoms with Crippen LogP contribution in [0.3, 0.4) is 0 Å². The number of ether oxygens (including phenoxy) is 1. The molecule has 2 heterocycles. The minimum Gasteiger partial charge on any atom is -0.455 e. The first-order chi connectivity index (χ1) is 12.8. The van der Waals surface area contributed by atoms with Crippen LogP contribution in [0, 0.1) is 6.92 Å². The van der Waals surface area contributed by atoms with Crippen molar-refractivity contribution in [2.75, 3.05) is 4.90 Å². The molecule has 7 heteroatoms. The smallest absolute Gasteiger partial charge is 0.325 e. The van der Waals surface area contributed by atoms with Crippen LogP contribution in [0.15, 0.2) is 53.3 Å². The van der Waals surface area contributed by atoms with Crippen molar-refractivity contribution in [3.8, 4) is 11.5 Å². The average molecular weight is 366 g/mol. The molecule has 2 amide bonds. The number of urea groups is 1. The molecule has 140 valence electrons. The maximum Gasteiger partial charge on any atom is 0.325 e. The lowest BCUT2D eigenvalue weighted by Crippen LogP contribution is -2.31. The number of rotatable bonds is 4. The van der Waals surface area contributed by atoms with Crippen LogP contribution in [-0.2, 0) is 5.41 Å². The van der Waals surface area contributed by atoms with Gasteiger partial charge in [0.05, 0.1) is 11.9 Å². The van der Waals surface area contributed by atoms with E-state index in [1.807, 2.05) is 33.8 Å². The molecule has 0 saturated carbocycles. The summed E-state index contributed by atoms with van der Waals surface area (Å²) < 4.78 is 11.3. The Labute approximate surface area is 157 Å². The van der Waals surface area contributed by atoms with Crippen LogP contribution in [-0.4, -0.2) is 16.2 Å². The predicted octanol–water partition coefficient (Wildman–Crippen LogP) is 4.68. The summed E-state index contributed by atoms with van der Waals surface area (Å²) >= 11 is 0. The molecule has 0 radical (unpaired) electrons. The molecule has 0 saturated heterocycles. The fraction of sp³-hybridized carbons (Fsp3) is 0.250. The quantitative estimate of drug-likeness (QED) is 0.723. The summed E-state index contributed by atoms with van der Waals surface area (Å²) in [6, 6.07) is 9.93. The molecule has 0 fully saturated rings. The van der Waals surface area contributed by atoms with E-state index in [0.29, 0.717) is 28.8 Å². The molecule has 0 unspecified atom stereocenters. The topological polar surface area (TPSA) is 94.5 Å². The molecule has 3 aromatic rings. The number of aromatic nitrogens is 2. The second kappa shape index (κ2) is 7.11. The Hall–Kier alpha value is -3.35. The van der Waals surface area contributed by atoms with Gasteiger partial charge < -0.3 is 15.0 Å². The van der Waals surface area contributed by atoms with Crippen LogP contribution in [0.5, 0.6) is 11.5 Å². The van der Waals surface area contributed by atoms with Gasteiger partial charge in [-0.25, -0.2) is 9.69 Å². The van der Waals surface area contributed by atoms with Gasteiger partial charge >= 0.3 is 6.03 Å². The summed E-state index contributed by atoms with van der Waals surface area (Å²) in [5.74, 6) is 2.16. The van der Waals surface area contributed by atoms with E-state index in [4.69, 9.17) is 15.0 Å². The van der Waals surface area contributed by atoms with Crippen LogP contribution >= 0.6 is 0 Å². The van der Waals surface area contributed by atoms with Crippen LogP contribution in [0.4, 0.5) is 16.3 Å². The monoisotopic (exact) mass is 366 g/mol. The van der Waals surface area contributed by atoms with E-state index in [1.54, 1.807) is 42.7 Å². The Kier molecular flexibility index (Phi) is 4.85. The van der Waals surface area contributed by atoms with Gasteiger partial charge in [0.25, 0.3) is 0 Å². The zero-order valence-electron chi connectivity index (χ0n) is 15.8. The van der Waals surface area contributed by atoms with E-state index in [0.717, 1.165) is 5.56 Å². The van der Waals surface area contributed by atoms with Gasteiger partial charge in [0.2, 0.25) is 0 Å². The molecule has 2 N–H and O–H groups in total. The summed E-state index contributed by atoms with van der Waals surface area (Å²) in [5.41, 5.74) is 6.84. The van der Waals surface area contributed by atoms with Crippen LogP contribution in [0.25, 0.3) is 0 Å². The summed E-state index contributed by atoms with van der Waals surface area (Å²) in [6.45, 7) is 7.92. The highest BCUT2D eigenvalue weighted by molar-refractivity contribution is 5.97. The van der Waals surface area contributed by atoms with Crippen molar-refractivity contribution in [3.63, 3.8) is 0 Å². The van der Waals surface area contributed by atoms with Crippen molar-refractivity contribution in [2.24, 2.45) is 5.73 Å². The van der Waals surface area contributed by atoms with Crippen LogP contribution < -0.4 is 15.4 Å². The van der Waals surface area contributed by atoms with Crippen molar-refractivity contribution in [3.05, 3.63) is 60.1 Å². The Morgan fingerprint density at radius 1 is 1.22 bits per heavy atom. The average Bonchev–Trinajstić information content (AvgIpc) is 3.07. The highest BCUT2D eigenvalue weighted by atomic mass is 16.5. The fourth-order valence-corrected chi connectivity index (χ4v) is 2.47. The van der Waals surface area contributed by atoms with Gasteiger partial charge in [-0.15, -0.1) is 0 Å². The van der Waals surface area contributed by atoms with Crippen molar-refractivity contribution in [1.29, 1.82) is 0 Å². The highest BCUT2D eigenvalue weighted by Gasteiger charge is 2.25. The number of carbonyl (C=O) groups excluding carboxylic acids is 1. The maximum absolute atomic E-state index is 12.1. The summed E-state index contributed by atoms with van der Waals surface area (Å²) in [7, 11) is 0. The third kappa shape index (κ3) is 4.08. The number of nitrogens with zero attached hydrogens (tertiary/aromatic N) is 3. The molecule has 0 aliphatic carbocycles. The van der Waals surface area contributed by atoms with E-state index in [2.05, 4.69) is 10.1 Å². The lowest BCUT2D eigenvalue weighted by molar-refractivity contribution is 0.255. The van der Waals surface area contributed by atoms with E-state index in [1.165, 1.54) is 4.90 Å². The number of pyridine rings is 1. The third-order valence-corrected chi connectivity index (χ3v) is 3.98. The molecule has 0 aliphatic rings. The summed E-state index contributed by atoms with van der Waals surface area (Å²) in [4.78, 5) is 17.4. The van der Waals surface area contributed by atoms with Crippen molar-refractivity contribution in [1.82, 2.24) is 10.1 Å². The second-order valence-electron chi connectivity index (χ2n) is 7.21. The van der Waals surface area contributed by atoms with E-state index >= 15 is 0 Å². The first-order valence-corrected chi connectivity index (χ1v) is 8.51. The third-order valence-electron chi connectivity index (χ3n) is 3.98. The Morgan fingerprint density at radius 2 is 2.00 bits per heavy atom. The Morgan fingerprint density at radius 3 is 2.63 bits per heavy atom. The lowest BCUT2D eigenvalue weighted by Gasteiger charge is -2.18. The highest BCUT2D eigenvalue weighted by Crippen LogP contribution is 2.33. The second-order valence-corrected chi connectivity index (χ2v) is 7.21. The fourth-order valence-electron chi connectivity index (χ4n) is 2.47. The van der Waals surface area contributed by atoms with E-state index in [-0.39, 0.29) is 5.41 Å². The lowest BCUT2D eigenvalue weighted by atomic mass is 9.93. The molecule has 0 bridgehead atoms. The molecule has 1 aromatic carbocycles. The van der Waals surface area contributed by atoms with Crippen molar-refractivity contribution >= 4 is 17.5 Å². The number of primary amides is 1. The maximum atomic E-state index is 12.1. The molecule has 0 spiro atoms. The molecule has 0 atom stereocenters. The normalized spacial score (nSPS) is 11.3. The van der Waals surface area contributed by atoms with Gasteiger partial charge in [-0.3, -0.25) is 4.98 Å².